The molecule has 0 unspecified atom stereocenters. The minimum absolute atomic E-state index is 0.769. The molecule has 2 aromatic carbocycles. The lowest BCUT2D eigenvalue weighted by Gasteiger charge is -1.96. The summed E-state index contributed by atoms with van der Waals surface area (Å²) in [6, 6.07) is 16.3. The lowest BCUT2D eigenvalue weighted by Crippen LogP contribution is -1.74. The van der Waals surface area contributed by atoms with Crippen LogP contribution >= 0.6 is 11.6 Å². The molecule has 0 aliphatic rings. The Morgan fingerprint density at radius 1 is 0.875 bits per heavy atom. The van der Waals surface area contributed by atoms with Crippen molar-refractivity contribution in [2.75, 3.05) is 0 Å². The highest BCUT2D eigenvalue weighted by Crippen LogP contribution is 2.14. The fraction of sp³-hybridized carbons (Fsp3) is 0.0667. The van der Waals surface area contributed by atoms with Gasteiger partial charge < -0.3 is 0 Å². The Morgan fingerprint density at radius 3 is 2.25 bits per heavy atom. The molecular weight excluding hydrogens is 216 g/mol. The van der Waals surface area contributed by atoms with Crippen molar-refractivity contribution in [1.29, 1.82) is 0 Å². The Bertz CT molecular complexity index is 495. The minimum atomic E-state index is 0.769. The van der Waals surface area contributed by atoms with Gasteiger partial charge in [-0.25, -0.2) is 0 Å². The molecule has 0 amide bonds. The standard InChI is InChI=1S/C15H13Cl/c1-12-5-7-13(8-6-12)9-10-14-3-2-4-15(16)11-14/h2-11H,1H3/b10-9+. The highest BCUT2D eigenvalue weighted by Gasteiger charge is 1.90. The van der Waals surface area contributed by atoms with Gasteiger partial charge in [-0.2, -0.15) is 0 Å². The average molecular weight is 229 g/mol. The first-order valence-electron chi connectivity index (χ1n) is 5.24. The average Bonchev–Trinajstić information content (AvgIpc) is 2.28. The van der Waals surface area contributed by atoms with Gasteiger partial charge in [0.2, 0.25) is 0 Å². The lowest BCUT2D eigenvalue weighted by atomic mass is 10.1. The predicted molar refractivity (Wildman–Crippen MR) is 71.6 cm³/mol. The Morgan fingerprint density at radius 2 is 1.56 bits per heavy atom. The molecule has 0 bridgehead atoms. The van der Waals surface area contributed by atoms with Gasteiger partial charge in [-0.05, 0) is 30.2 Å². The summed E-state index contributed by atoms with van der Waals surface area (Å²) >= 11 is 5.91. The molecule has 0 aliphatic heterocycles. The third kappa shape index (κ3) is 2.98. The number of rotatable bonds is 2. The van der Waals surface area contributed by atoms with E-state index in [1.54, 1.807) is 0 Å². The van der Waals surface area contributed by atoms with E-state index in [1.807, 2.05) is 24.3 Å². The largest absolute Gasteiger partial charge is 0.0843 e. The number of aryl methyl sites for hydroxylation is 1. The monoisotopic (exact) mass is 228 g/mol. The van der Waals surface area contributed by atoms with Crippen molar-refractivity contribution < 1.29 is 0 Å². The van der Waals surface area contributed by atoms with Crippen LogP contribution in [-0.2, 0) is 0 Å². The van der Waals surface area contributed by atoms with Crippen LogP contribution in [-0.4, -0.2) is 0 Å². The van der Waals surface area contributed by atoms with E-state index < -0.39 is 0 Å². The van der Waals surface area contributed by atoms with Crippen molar-refractivity contribution in [3.05, 3.63) is 70.2 Å². The second-order valence-electron chi connectivity index (χ2n) is 3.80. The molecule has 2 aromatic rings. The van der Waals surface area contributed by atoms with Crippen LogP contribution in [0.2, 0.25) is 5.02 Å². The highest BCUT2D eigenvalue weighted by molar-refractivity contribution is 6.30. The van der Waals surface area contributed by atoms with E-state index in [2.05, 4.69) is 43.3 Å². The maximum atomic E-state index is 5.91. The Kier molecular flexibility index (Phi) is 3.43. The third-order valence-corrected chi connectivity index (χ3v) is 2.63. The van der Waals surface area contributed by atoms with Crippen LogP contribution in [0.15, 0.2) is 48.5 Å². The third-order valence-electron chi connectivity index (χ3n) is 2.39. The number of halogens is 1. The first-order valence-corrected chi connectivity index (χ1v) is 5.62. The molecule has 0 aromatic heterocycles. The van der Waals surface area contributed by atoms with Crippen molar-refractivity contribution in [3.63, 3.8) is 0 Å². The maximum absolute atomic E-state index is 5.91. The Hall–Kier alpha value is -1.53. The number of hydrogen-bond acceptors (Lipinski definition) is 0. The molecule has 0 saturated carbocycles. The molecule has 0 fully saturated rings. The molecule has 0 radical (unpaired) electrons. The summed E-state index contributed by atoms with van der Waals surface area (Å²) in [5, 5.41) is 0.769. The van der Waals surface area contributed by atoms with Crippen LogP contribution in [0.25, 0.3) is 12.2 Å². The second-order valence-corrected chi connectivity index (χ2v) is 4.24. The molecule has 0 atom stereocenters. The molecule has 2 rings (SSSR count). The fourth-order valence-electron chi connectivity index (χ4n) is 1.48. The Labute approximate surface area is 101 Å². The topological polar surface area (TPSA) is 0 Å². The van der Waals surface area contributed by atoms with Crippen LogP contribution < -0.4 is 0 Å². The summed E-state index contributed by atoms with van der Waals surface area (Å²) in [6.45, 7) is 2.09. The van der Waals surface area contributed by atoms with E-state index in [0.29, 0.717) is 0 Å². The molecule has 0 nitrogen and oxygen atoms in total. The maximum Gasteiger partial charge on any atom is 0.0411 e. The molecule has 0 heterocycles. The zero-order chi connectivity index (χ0) is 11.4. The molecule has 16 heavy (non-hydrogen) atoms. The SMILES string of the molecule is Cc1ccc(/C=C/c2cccc(Cl)c2)cc1. The van der Waals surface area contributed by atoms with Gasteiger partial charge in [-0.1, -0.05) is 65.7 Å². The molecule has 1 heteroatoms. The number of benzene rings is 2. The quantitative estimate of drug-likeness (QED) is 0.647. The van der Waals surface area contributed by atoms with Gasteiger partial charge in [-0.15, -0.1) is 0 Å². The van der Waals surface area contributed by atoms with E-state index in [9.17, 15) is 0 Å². The summed E-state index contributed by atoms with van der Waals surface area (Å²) in [7, 11) is 0. The van der Waals surface area contributed by atoms with Crippen molar-refractivity contribution in [3.8, 4) is 0 Å². The highest BCUT2D eigenvalue weighted by atomic mass is 35.5. The normalized spacial score (nSPS) is 10.9. The summed E-state index contributed by atoms with van der Waals surface area (Å²) in [6.07, 6.45) is 4.15. The molecule has 0 aliphatic carbocycles. The lowest BCUT2D eigenvalue weighted by molar-refractivity contribution is 1.46. The van der Waals surface area contributed by atoms with E-state index >= 15 is 0 Å². The smallest absolute Gasteiger partial charge is 0.0411 e. The summed E-state index contributed by atoms with van der Waals surface area (Å²) in [5.74, 6) is 0. The van der Waals surface area contributed by atoms with E-state index in [-0.39, 0.29) is 0 Å². The van der Waals surface area contributed by atoms with Crippen molar-refractivity contribution in [2.45, 2.75) is 6.92 Å². The van der Waals surface area contributed by atoms with Crippen molar-refractivity contribution >= 4 is 23.8 Å². The summed E-state index contributed by atoms with van der Waals surface area (Å²) in [4.78, 5) is 0. The van der Waals surface area contributed by atoms with Crippen LogP contribution in [0.4, 0.5) is 0 Å². The van der Waals surface area contributed by atoms with Gasteiger partial charge in [0.05, 0.1) is 0 Å². The molecule has 0 saturated heterocycles. The minimum Gasteiger partial charge on any atom is -0.0843 e. The molecule has 0 spiro atoms. The predicted octanol–water partition coefficient (Wildman–Crippen LogP) is 4.82. The first-order chi connectivity index (χ1) is 7.74. The fourth-order valence-corrected chi connectivity index (χ4v) is 1.68. The Balaban J connectivity index is 2.18. The van der Waals surface area contributed by atoms with Gasteiger partial charge in [-0.3, -0.25) is 0 Å². The van der Waals surface area contributed by atoms with Gasteiger partial charge in [0.15, 0.2) is 0 Å². The second kappa shape index (κ2) is 5.00. The zero-order valence-corrected chi connectivity index (χ0v) is 9.91. The van der Waals surface area contributed by atoms with Crippen molar-refractivity contribution in [2.24, 2.45) is 0 Å². The van der Waals surface area contributed by atoms with E-state index in [0.717, 1.165) is 10.6 Å². The van der Waals surface area contributed by atoms with Gasteiger partial charge in [0, 0.05) is 5.02 Å². The van der Waals surface area contributed by atoms with Crippen LogP contribution in [0.3, 0.4) is 0 Å². The molecule has 80 valence electrons. The van der Waals surface area contributed by atoms with Crippen molar-refractivity contribution in [1.82, 2.24) is 0 Å². The molecule has 0 N–H and O–H groups in total. The van der Waals surface area contributed by atoms with Gasteiger partial charge in [0.25, 0.3) is 0 Å². The number of hydrogen-bond donors (Lipinski definition) is 0. The summed E-state index contributed by atoms with van der Waals surface area (Å²) in [5.41, 5.74) is 3.60. The summed E-state index contributed by atoms with van der Waals surface area (Å²) < 4.78 is 0. The molecular formula is C15H13Cl. The zero-order valence-electron chi connectivity index (χ0n) is 9.15. The van der Waals surface area contributed by atoms with Gasteiger partial charge >= 0.3 is 0 Å². The van der Waals surface area contributed by atoms with E-state index in [1.165, 1.54) is 11.1 Å². The van der Waals surface area contributed by atoms with Crippen LogP contribution in [0.1, 0.15) is 16.7 Å². The van der Waals surface area contributed by atoms with Crippen LogP contribution in [0, 0.1) is 6.92 Å². The van der Waals surface area contributed by atoms with Crippen LogP contribution in [0.5, 0.6) is 0 Å². The first kappa shape index (κ1) is 11.0. The van der Waals surface area contributed by atoms with E-state index in [4.69, 9.17) is 11.6 Å². The van der Waals surface area contributed by atoms with Gasteiger partial charge in [0.1, 0.15) is 0 Å².